The number of nitrogens with one attached hydrogen (secondary N) is 2. The van der Waals surface area contributed by atoms with Crippen LogP contribution in [0.5, 0.6) is 0 Å². The van der Waals surface area contributed by atoms with E-state index in [4.69, 9.17) is 0 Å². The second-order valence-electron chi connectivity index (χ2n) is 3.19. The van der Waals surface area contributed by atoms with Crippen LogP contribution < -0.4 is 10.6 Å². The number of hydrogen-bond donors (Lipinski definition) is 2. The van der Waals surface area contributed by atoms with Crippen LogP contribution in [0, 0.1) is 0 Å². The van der Waals surface area contributed by atoms with Crippen molar-refractivity contribution in [2.45, 2.75) is 19.0 Å². The van der Waals surface area contributed by atoms with Gasteiger partial charge in [-0.15, -0.1) is 0 Å². The molecular weight excluding hydrogens is 158 g/mol. The Bertz CT molecular complexity index is 237. The first-order chi connectivity index (χ1) is 5.70. The lowest BCUT2D eigenvalue weighted by atomic mass is 10.1. The van der Waals surface area contributed by atoms with Gasteiger partial charge in [-0.1, -0.05) is 0 Å². The van der Waals surface area contributed by atoms with E-state index in [1.54, 1.807) is 6.92 Å². The molecule has 0 bridgehead atoms. The van der Waals surface area contributed by atoms with Gasteiger partial charge in [-0.2, -0.15) is 0 Å². The minimum atomic E-state index is -0.349. The van der Waals surface area contributed by atoms with Gasteiger partial charge in [0.1, 0.15) is 6.04 Å². The van der Waals surface area contributed by atoms with E-state index in [-0.39, 0.29) is 24.0 Å². The van der Waals surface area contributed by atoms with Crippen LogP contribution >= 0.6 is 0 Å². The number of carbonyl (C=O) groups is 2. The van der Waals surface area contributed by atoms with Crippen LogP contribution in [0.4, 0.5) is 4.79 Å². The van der Waals surface area contributed by atoms with E-state index in [0.29, 0.717) is 0 Å². The van der Waals surface area contributed by atoms with E-state index in [9.17, 15) is 9.59 Å². The molecule has 2 aliphatic heterocycles. The van der Waals surface area contributed by atoms with Gasteiger partial charge in [-0.25, -0.2) is 4.79 Å². The molecule has 0 spiro atoms. The minimum absolute atomic E-state index is 0.0717. The zero-order valence-electron chi connectivity index (χ0n) is 6.83. The summed E-state index contributed by atoms with van der Waals surface area (Å²) < 4.78 is 0. The Morgan fingerprint density at radius 3 is 2.42 bits per heavy atom. The Kier molecular flexibility index (Phi) is 1.54. The first-order valence-electron chi connectivity index (χ1n) is 4.04. The zero-order chi connectivity index (χ0) is 8.72. The molecule has 0 aliphatic carbocycles. The smallest absolute Gasteiger partial charge is 0.325 e. The van der Waals surface area contributed by atoms with E-state index in [0.717, 1.165) is 13.1 Å². The Labute approximate surface area is 70.1 Å². The fraction of sp³-hybridized carbons (Fsp3) is 0.714. The lowest BCUT2D eigenvalue weighted by Gasteiger charge is -2.33. The molecule has 5 nitrogen and oxygen atoms in total. The highest BCUT2D eigenvalue weighted by Crippen LogP contribution is 2.12. The second kappa shape index (κ2) is 2.45. The summed E-state index contributed by atoms with van der Waals surface area (Å²) in [5, 5.41) is 5.60. The molecule has 12 heavy (non-hydrogen) atoms. The van der Waals surface area contributed by atoms with Crippen molar-refractivity contribution in [2.24, 2.45) is 0 Å². The van der Waals surface area contributed by atoms with E-state index in [1.807, 2.05) is 0 Å². The molecule has 2 aliphatic rings. The number of amides is 3. The summed E-state index contributed by atoms with van der Waals surface area (Å²) in [7, 11) is 0. The van der Waals surface area contributed by atoms with E-state index in [1.165, 1.54) is 4.90 Å². The normalized spacial score (nSPS) is 30.4. The van der Waals surface area contributed by atoms with Crippen LogP contribution in [-0.2, 0) is 4.79 Å². The van der Waals surface area contributed by atoms with Crippen molar-refractivity contribution in [3.63, 3.8) is 0 Å². The monoisotopic (exact) mass is 169 g/mol. The Morgan fingerprint density at radius 1 is 1.42 bits per heavy atom. The summed E-state index contributed by atoms with van der Waals surface area (Å²) in [6, 6.07) is -0.528. The highest BCUT2D eigenvalue weighted by molar-refractivity contribution is 6.04. The minimum Gasteiger partial charge on any atom is -0.326 e. The van der Waals surface area contributed by atoms with Crippen LogP contribution in [0.3, 0.4) is 0 Å². The van der Waals surface area contributed by atoms with Crippen LogP contribution in [0.1, 0.15) is 6.92 Å². The number of nitrogens with zero attached hydrogens (tertiary/aromatic N) is 1. The molecule has 2 fully saturated rings. The average molecular weight is 169 g/mol. The first-order valence-corrected chi connectivity index (χ1v) is 4.04. The largest absolute Gasteiger partial charge is 0.326 e. The molecule has 1 atom stereocenters. The molecule has 0 radical (unpaired) electrons. The van der Waals surface area contributed by atoms with Crippen LogP contribution in [0.2, 0.25) is 0 Å². The molecule has 2 saturated heterocycles. The van der Waals surface area contributed by atoms with Gasteiger partial charge in [0.15, 0.2) is 0 Å². The molecule has 2 N–H and O–H groups in total. The van der Waals surface area contributed by atoms with Gasteiger partial charge in [0.05, 0.1) is 6.04 Å². The zero-order valence-corrected chi connectivity index (χ0v) is 6.83. The van der Waals surface area contributed by atoms with E-state index >= 15 is 0 Å². The van der Waals surface area contributed by atoms with Gasteiger partial charge in [-0.05, 0) is 6.92 Å². The molecule has 66 valence electrons. The lowest BCUT2D eigenvalue weighted by molar-refractivity contribution is -0.129. The van der Waals surface area contributed by atoms with Gasteiger partial charge in [0.2, 0.25) is 0 Å². The van der Waals surface area contributed by atoms with E-state index < -0.39 is 0 Å². The number of hydrogen-bond acceptors (Lipinski definition) is 3. The van der Waals surface area contributed by atoms with Crippen molar-refractivity contribution in [2.75, 3.05) is 13.1 Å². The summed E-state index contributed by atoms with van der Waals surface area (Å²) in [4.78, 5) is 23.9. The molecule has 5 heteroatoms. The molecule has 2 rings (SSSR count). The molecule has 0 aromatic carbocycles. The van der Waals surface area contributed by atoms with Crippen LogP contribution in [-0.4, -0.2) is 42.0 Å². The fourth-order valence-corrected chi connectivity index (χ4v) is 1.43. The SMILES string of the molecule is C[C@H]1NC(=O)N(C2CNC2)C1=O. The number of rotatable bonds is 1. The Balaban J connectivity index is 2.12. The quantitative estimate of drug-likeness (QED) is 0.490. The standard InChI is InChI=1S/C7H11N3O2/c1-4-6(11)10(7(12)9-4)5-2-8-3-5/h4-5,8H,2-3H2,1H3,(H,9,12)/t4-/m1/s1. The summed E-state index contributed by atoms with van der Waals surface area (Å²) >= 11 is 0. The summed E-state index contributed by atoms with van der Waals surface area (Å²) in [6.45, 7) is 3.16. The van der Waals surface area contributed by atoms with Crippen LogP contribution in [0.25, 0.3) is 0 Å². The summed E-state index contributed by atoms with van der Waals surface area (Å²) in [6.07, 6.45) is 0. The van der Waals surface area contributed by atoms with Crippen molar-refractivity contribution < 1.29 is 9.59 Å². The van der Waals surface area contributed by atoms with Crippen molar-refractivity contribution in [1.29, 1.82) is 0 Å². The fourth-order valence-electron chi connectivity index (χ4n) is 1.43. The van der Waals surface area contributed by atoms with E-state index in [2.05, 4.69) is 10.6 Å². The Morgan fingerprint density at radius 2 is 2.08 bits per heavy atom. The Hall–Kier alpha value is -1.10. The highest BCUT2D eigenvalue weighted by Gasteiger charge is 2.41. The van der Waals surface area contributed by atoms with Crippen molar-refractivity contribution in [3.8, 4) is 0 Å². The maximum atomic E-state index is 11.4. The van der Waals surface area contributed by atoms with Crippen LogP contribution in [0.15, 0.2) is 0 Å². The molecular formula is C7H11N3O2. The first kappa shape index (κ1) is 7.54. The van der Waals surface area contributed by atoms with Crippen molar-refractivity contribution in [3.05, 3.63) is 0 Å². The molecule has 3 amide bonds. The molecule has 0 saturated carbocycles. The lowest BCUT2D eigenvalue weighted by Crippen LogP contribution is -2.59. The third kappa shape index (κ3) is 0.896. The van der Waals surface area contributed by atoms with Gasteiger partial charge in [-0.3, -0.25) is 9.69 Å². The third-order valence-electron chi connectivity index (χ3n) is 2.29. The topological polar surface area (TPSA) is 61.4 Å². The maximum absolute atomic E-state index is 11.4. The predicted octanol–water partition coefficient (Wildman–Crippen LogP) is -1.10. The number of urea groups is 1. The third-order valence-corrected chi connectivity index (χ3v) is 2.29. The predicted molar refractivity (Wildman–Crippen MR) is 41.5 cm³/mol. The highest BCUT2D eigenvalue weighted by atomic mass is 16.2. The van der Waals surface area contributed by atoms with Gasteiger partial charge < -0.3 is 10.6 Å². The maximum Gasteiger partial charge on any atom is 0.325 e. The molecule has 0 aromatic heterocycles. The summed E-state index contributed by atoms with van der Waals surface area (Å²) in [5.74, 6) is -0.105. The average Bonchev–Trinajstić information content (AvgIpc) is 2.13. The second-order valence-corrected chi connectivity index (χ2v) is 3.19. The van der Waals surface area contributed by atoms with Gasteiger partial charge in [0, 0.05) is 13.1 Å². The summed E-state index contributed by atoms with van der Waals surface area (Å²) in [5.41, 5.74) is 0. The van der Waals surface area contributed by atoms with Crippen molar-refractivity contribution >= 4 is 11.9 Å². The number of carbonyl (C=O) groups excluding carboxylic acids is 2. The number of imide groups is 1. The molecule has 0 unspecified atom stereocenters. The molecule has 0 aromatic rings. The molecule has 2 heterocycles. The van der Waals surface area contributed by atoms with Gasteiger partial charge >= 0.3 is 6.03 Å². The van der Waals surface area contributed by atoms with Gasteiger partial charge in [0.25, 0.3) is 5.91 Å². The van der Waals surface area contributed by atoms with Crippen molar-refractivity contribution in [1.82, 2.24) is 15.5 Å².